The van der Waals surface area contributed by atoms with Crippen molar-refractivity contribution in [2.45, 2.75) is 32.1 Å². The molecule has 0 saturated carbocycles. The Morgan fingerprint density at radius 3 is 2.52 bits per heavy atom. The van der Waals surface area contributed by atoms with Gasteiger partial charge in [-0.1, -0.05) is 36.4 Å². The molecule has 1 aliphatic heterocycles. The fraction of sp³-hybridized carbons (Fsp3) is 0.417. The van der Waals surface area contributed by atoms with Gasteiger partial charge in [0.05, 0.1) is 11.8 Å². The molecule has 5 heteroatoms. The zero-order valence-corrected chi connectivity index (χ0v) is 16.7. The van der Waals surface area contributed by atoms with Gasteiger partial charge in [0.15, 0.2) is 0 Å². The van der Waals surface area contributed by atoms with Gasteiger partial charge in [0.2, 0.25) is 11.8 Å². The average Bonchev–Trinajstić information content (AvgIpc) is 3.22. The van der Waals surface area contributed by atoms with Gasteiger partial charge in [-0.05, 0) is 60.9 Å². The molecule has 2 amide bonds. The van der Waals surface area contributed by atoms with Crippen molar-refractivity contribution >= 4 is 17.5 Å². The van der Waals surface area contributed by atoms with Crippen LogP contribution in [-0.2, 0) is 28.9 Å². The second-order valence-electron chi connectivity index (χ2n) is 8.14. The average molecular weight is 392 g/mol. The smallest absolute Gasteiger partial charge is 0.228 e. The van der Waals surface area contributed by atoms with Crippen molar-refractivity contribution in [2.24, 2.45) is 11.8 Å². The number of carbonyl (C=O) groups excluding carboxylic acids is 2. The van der Waals surface area contributed by atoms with E-state index in [4.69, 9.17) is 0 Å². The van der Waals surface area contributed by atoms with Gasteiger partial charge < -0.3 is 16.0 Å². The summed E-state index contributed by atoms with van der Waals surface area (Å²) in [5.74, 6) is -0.335. The van der Waals surface area contributed by atoms with Crippen LogP contribution in [0.3, 0.4) is 0 Å². The zero-order valence-electron chi connectivity index (χ0n) is 16.7. The van der Waals surface area contributed by atoms with E-state index in [1.165, 1.54) is 23.1 Å². The third-order valence-corrected chi connectivity index (χ3v) is 6.01. The highest BCUT2D eigenvalue weighted by atomic mass is 16.2. The summed E-state index contributed by atoms with van der Waals surface area (Å²) in [4.78, 5) is 25.3. The lowest BCUT2D eigenvalue weighted by molar-refractivity contribution is -0.127. The van der Waals surface area contributed by atoms with E-state index in [9.17, 15) is 9.59 Å². The Morgan fingerprint density at radius 1 is 0.931 bits per heavy atom. The summed E-state index contributed by atoms with van der Waals surface area (Å²) in [5.41, 5.74) is 4.82. The topological polar surface area (TPSA) is 70.2 Å². The maximum Gasteiger partial charge on any atom is 0.228 e. The van der Waals surface area contributed by atoms with Gasteiger partial charge in [-0.15, -0.1) is 0 Å². The number of benzene rings is 2. The molecule has 1 fully saturated rings. The number of piperidine rings is 1. The Kier molecular flexibility index (Phi) is 6.25. The third kappa shape index (κ3) is 5.04. The molecule has 0 spiro atoms. The number of hydrogen-bond donors (Lipinski definition) is 3. The monoisotopic (exact) mass is 391 g/mol. The molecule has 4 rings (SSSR count). The fourth-order valence-corrected chi connectivity index (χ4v) is 4.35. The number of rotatable bonds is 6. The lowest BCUT2D eigenvalue weighted by Gasteiger charge is -2.28. The maximum atomic E-state index is 12.8. The van der Waals surface area contributed by atoms with Crippen molar-refractivity contribution in [3.05, 3.63) is 65.2 Å². The summed E-state index contributed by atoms with van der Waals surface area (Å²) in [6.45, 7) is 1.86. The molecule has 1 saturated heterocycles. The minimum atomic E-state index is -0.193. The number of amides is 2. The van der Waals surface area contributed by atoms with Crippen molar-refractivity contribution in [2.75, 3.05) is 25.0 Å². The maximum absolute atomic E-state index is 12.8. The predicted molar refractivity (Wildman–Crippen MR) is 115 cm³/mol. The van der Waals surface area contributed by atoms with Crippen LogP contribution in [0.5, 0.6) is 0 Å². The quantitative estimate of drug-likeness (QED) is 0.709. The molecular formula is C24H29N3O2. The van der Waals surface area contributed by atoms with E-state index in [0.29, 0.717) is 26.1 Å². The van der Waals surface area contributed by atoms with E-state index in [1.54, 1.807) is 0 Å². The molecule has 5 nitrogen and oxygen atoms in total. The van der Waals surface area contributed by atoms with Crippen molar-refractivity contribution in [1.29, 1.82) is 0 Å². The number of anilines is 1. The molecule has 0 unspecified atom stereocenters. The van der Waals surface area contributed by atoms with Crippen molar-refractivity contribution in [3.8, 4) is 0 Å². The van der Waals surface area contributed by atoms with Crippen LogP contribution in [0.2, 0.25) is 0 Å². The van der Waals surface area contributed by atoms with Crippen LogP contribution >= 0.6 is 0 Å². The Hall–Kier alpha value is -2.66. The van der Waals surface area contributed by atoms with Gasteiger partial charge in [0.25, 0.3) is 0 Å². The first kappa shape index (κ1) is 19.6. The minimum Gasteiger partial charge on any atom is -0.355 e. The summed E-state index contributed by atoms with van der Waals surface area (Å²) in [7, 11) is 0. The number of fused-ring (bicyclic) bond motifs is 1. The van der Waals surface area contributed by atoms with Crippen LogP contribution in [0.25, 0.3) is 0 Å². The van der Waals surface area contributed by atoms with E-state index in [1.807, 2.05) is 24.3 Å². The first-order chi connectivity index (χ1) is 14.2. The summed E-state index contributed by atoms with van der Waals surface area (Å²) in [6, 6.07) is 16.3. The highest BCUT2D eigenvalue weighted by Gasteiger charge is 2.31. The Balaban J connectivity index is 1.27. The second-order valence-corrected chi connectivity index (χ2v) is 8.14. The molecule has 2 aromatic carbocycles. The van der Waals surface area contributed by atoms with Crippen LogP contribution in [-0.4, -0.2) is 31.4 Å². The summed E-state index contributed by atoms with van der Waals surface area (Å²) in [6.07, 6.45) is 4.82. The van der Waals surface area contributed by atoms with Crippen LogP contribution in [0, 0.1) is 11.8 Å². The van der Waals surface area contributed by atoms with E-state index in [0.717, 1.165) is 24.9 Å². The molecule has 1 aliphatic carbocycles. The second kappa shape index (κ2) is 9.23. The Bertz CT molecular complexity index is 866. The molecule has 2 aliphatic rings. The molecule has 29 heavy (non-hydrogen) atoms. The van der Waals surface area contributed by atoms with Crippen LogP contribution in [0.15, 0.2) is 48.5 Å². The number of carbonyl (C=O) groups is 2. The summed E-state index contributed by atoms with van der Waals surface area (Å²) < 4.78 is 0. The Morgan fingerprint density at radius 2 is 1.69 bits per heavy atom. The molecule has 2 aromatic rings. The van der Waals surface area contributed by atoms with Gasteiger partial charge in [0, 0.05) is 25.3 Å². The molecule has 3 N–H and O–H groups in total. The first-order valence-corrected chi connectivity index (χ1v) is 10.6. The van der Waals surface area contributed by atoms with Gasteiger partial charge in [-0.3, -0.25) is 9.59 Å². The van der Waals surface area contributed by atoms with Gasteiger partial charge >= 0.3 is 0 Å². The molecule has 0 radical (unpaired) electrons. The standard InChI is InChI=1S/C24H29N3O2/c28-23(26-12-11-17-5-2-1-3-6-17)20-13-21(16-25-15-20)24(29)27-22-10-9-18-7-4-8-19(18)14-22/h1-3,5-6,9-10,14,20-21,25H,4,7-8,11-13,15-16H2,(H,26,28)(H,27,29)/t20-,21+/m0/s1. The van der Waals surface area contributed by atoms with E-state index in [-0.39, 0.29) is 23.7 Å². The van der Waals surface area contributed by atoms with E-state index < -0.39 is 0 Å². The summed E-state index contributed by atoms with van der Waals surface area (Å²) >= 11 is 0. The third-order valence-electron chi connectivity index (χ3n) is 6.01. The van der Waals surface area contributed by atoms with Crippen molar-refractivity contribution < 1.29 is 9.59 Å². The molecule has 0 aromatic heterocycles. The summed E-state index contributed by atoms with van der Waals surface area (Å²) in [5, 5.41) is 9.34. The lowest BCUT2D eigenvalue weighted by Crippen LogP contribution is -2.47. The first-order valence-electron chi connectivity index (χ1n) is 10.6. The van der Waals surface area contributed by atoms with Crippen molar-refractivity contribution in [3.63, 3.8) is 0 Å². The van der Waals surface area contributed by atoms with Gasteiger partial charge in [-0.2, -0.15) is 0 Å². The predicted octanol–water partition coefficient (Wildman–Crippen LogP) is 2.70. The number of aryl methyl sites for hydroxylation is 2. The van der Waals surface area contributed by atoms with E-state index in [2.05, 4.69) is 40.2 Å². The van der Waals surface area contributed by atoms with E-state index >= 15 is 0 Å². The molecule has 2 atom stereocenters. The number of nitrogens with one attached hydrogen (secondary N) is 3. The molecule has 152 valence electrons. The van der Waals surface area contributed by atoms with Crippen LogP contribution in [0.4, 0.5) is 5.69 Å². The van der Waals surface area contributed by atoms with Gasteiger partial charge in [-0.25, -0.2) is 0 Å². The molecule has 1 heterocycles. The lowest BCUT2D eigenvalue weighted by atomic mass is 9.89. The largest absolute Gasteiger partial charge is 0.355 e. The van der Waals surface area contributed by atoms with Crippen LogP contribution in [0.1, 0.15) is 29.5 Å². The van der Waals surface area contributed by atoms with Gasteiger partial charge in [0.1, 0.15) is 0 Å². The molecular weight excluding hydrogens is 362 g/mol. The highest BCUT2D eigenvalue weighted by molar-refractivity contribution is 5.93. The normalized spacial score (nSPS) is 20.7. The Labute approximate surface area is 172 Å². The zero-order chi connectivity index (χ0) is 20.1. The SMILES string of the molecule is O=C(NCCc1ccccc1)[C@@H]1CNC[C@H](C(=O)Nc2ccc3c(c2)CCC3)C1. The number of hydrogen-bond acceptors (Lipinski definition) is 3. The fourth-order valence-electron chi connectivity index (χ4n) is 4.35. The minimum absolute atomic E-state index is 0.00256. The van der Waals surface area contributed by atoms with Crippen molar-refractivity contribution in [1.82, 2.24) is 10.6 Å². The van der Waals surface area contributed by atoms with Crippen LogP contribution < -0.4 is 16.0 Å². The highest BCUT2D eigenvalue weighted by Crippen LogP contribution is 2.26. The molecule has 0 bridgehead atoms.